The quantitative estimate of drug-likeness (QED) is 0.386. The maximum absolute atomic E-state index is 12.4. The highest BCUT2D eigenvalue weighted by Crippen LogP contribution is 2.23. The number of amides is 1. The van der Waals surface area contributed by atoms with Gasteiger partial charge in [0.2, 0.25) is 5.89 Å². The minimum absolute atomic E-state index is 0.259. The number of carbonyl (C=O) groups is 1. The molecule has 0 unspecified atom stereocenters. The summed E-state index contributed by atoms with van der Waals surface area (Å²) in [5, 5.41) is 6.01. The van der Waals surface area contributed by atoms with Gasteiger partial charge in [0, 0.05) is 23.9 Å². The zero-order valence-electron chi connectivity index (χ0n) is 18.4. The molecule has 2 aromatic carbocycles. The number of pyridine rings is 1. The number of hydrogen-bond donors (Lipinski definition) is 2. The topological polar surface area (TPSA) is 89.3 Å². The van der Waals surface area contributed by atoms with Gasteiger partial charge in [-0.15, -0.1) is 0 Å². The van der Waals surface area contributed by atoms with Crippen LogP contribution in [0.1, 0.15) is 29.8 Å². The number of nitrogens with one attached hydrogen (secondary N) is 2. The fourth-order valence-corrected chi connectivity index (χ4v) is 3.19. The molecule has 0 atom stereocenters. The van der Waals surface area contributed by atoms with Gasteiger partial charge in [-0.1, -0.05) is 26.0 Å². The van der Waals surface area contributed by atoms with E-state index in [1.165, 1.54) is 0 Å². The van der Waals surface area contributed by atoms with Crippen molar-refractivity contribution in [3.63, 3.8) is 0 Å². The second kappa shape index (κ2) is 10.2. The number of oxazole rings is 1. The van der Waals surface area contributed by atoms with Crippen molar-refractivity contribution in [2.24, 2.45) is 5.92 Å². The molecule has 168 valence electrons. The summed E-state index contributed by atoms with van der Waals surface area (Å²) < 4.78 is 11.4. The lowest BCUT2D eigenvalue weighted by Gasteiger charge is -2.11. The van der Waals surface area contributed by atoms with Crippen LogP contribution in [-0.2, 0) is 6.54 Å². The van der Waals surface area contributed by atoms with Crippen molar-refractivity contribution in [2.45, 2.75) is 20.4 Å². The number of aromatic nitrogens is 2. The molecule has 4 rings (SSSR count). The van der Waals surface area contributed by atoms with E-state index >= 15 is 0 Å². The summed E-state index contributed by atoms with van der Waals surface area (Å²) in [7, 11) is 0. The average molecular weight is 461 g/mol. The van der Waals surface area contributed by atoms with Gasteiger partial charge in [0.05, 0.1) is 6.61 Å². The van der Waals surface area contributed by atoms with Gasteiger partial charge in [0.15, 0.2) is 16.3 Å². The molecule has 7 nitrogen and oxygen atoms in total. The summed E-state index contributed by atoms with van der Waals surface area (Å²) in [6, 6.07) is 18.4. The molecule has 1 amide bonds. The van der Waals surface area contributed by atoms with Gasteiger partial charge < -0.3 is 14.5 Å². The number of ether oxygens (including phenoxy) is 1. The highest BCUT2D eigenvalue weighted by molar-refractivity contribution is 7.80. The van der Waals surface area contributed by atoms with E-state index in [0.717, 1.165) is 16.9 Å². The van der Waals surface area contributed by atoms with E-state index in [2.05, 4.69) is 34.4 Å². The van der Waals surface area contributed by atoms with Crippen LogP contribution in [-0.4, -0.2) is 27.6 Å². The molecule has 0 saturated heterocycles. The normalized spacial score (nSPS) is 10.9. The van der Waals surface area contributed by atoms with Crippen molar-refractivity contribution < 1.29 is 13.9 Å². The monoisotopic (exact) mass is 460 g/mol. The van der Waals surface area contributed by atoms with E-state index in [-0.39, 0.29) is 11.0 Å². The fourth-order valence-electron chi connectivity index (χ4n) is 3.02. The molecular weight excluding hydrogens is 436 g/mol. The molecule has 4 aromatic rings. The van der Waals surface area contributed by atoms with Gasteiger partial charge in [-0.05, 0) is 72.2 Å². The number of rotatable bonds is 7. The number of fused-ring (bicyclic) bond motifs is 1. The van der Waals surface area contributed by atoms with E-state index in [9.17, 15) is 4.79 Å². The Morgan fingerprint density at radius 2 is 1.85 bits per heavy atom. The summed E-state index contributed by atoms with van der Waals surface area (Å²) in [6.07, 6.45) is 1.68. The number of carbonyl (C=O) groups excluding carboxylic acids is 1. The standard InChI is InChI=1S/C25H24N4O3S/c1-16(2)15-31-20-11-9-18(10-12-20)23(30)29-25(33)27-14-17-5-7-19(8-6-17)24-28-22-21(32-24)4-3-13-26-22/h3-13,16H,14-15H2,1-2H3,(H2,27,29,30,33). The molecule has 2 N–H and O–H groups in total. The SMILES string of the molecule is CC(C)COc1ccc(C(=O)NC(=S)NCc2ccc(-c3nc4ncccc4o3)cc2)cc1. The Hall–Kier alpha value is -3.78. The van der Waals surface area contributed by atoms with Gasteiger partial charge >= 0.3 is 0 Å². The molecule has 0 aliphatic rings. The molecule has 0 bridgehead atoms. The molecule has 0 aliphatic carbocycles. The molecule has 0 spiro atoms. The number of nitrogens with zero attached hydrogens (tertiary/aromatic N) is 2. The lowest BCUT2D eigenvalue weighted by Crippen LogP contribution is -2.38. The van der Waals surface area contributed by atoms with Gasteiger partial charge in [-0.25, -0.2) is 4.98 Å². The Kier molecular flexibility index (Phi) is 6.95. The van der Waals surface area contributed by atoms with Crippen molar-refractivity contribution in [2.75, 3.05) is 6.61 Å². The Morgan fingerprint density at radius 1 is 1.09 bits per heavy atom. The highest BCUT2D eigenvalue weighted by atomic mass is 32.1. The van der Waals surface area contributed by atoms with Crippen LogP contribution in [0.5, 0.6) is 5.75 Å². The Bertz CT molecular complexity index is 1220. The zero-order chi connectivity index (χ0) is 23.2. The first-order valence-electron chi connectivity index (χ1n) is 10.6. The summed E-state index contributed by atoms with van der Waals surface area (Å²) in [6.45, 7) is 5.27. The van der Waals surface area contributed by atoms with Crippen molar-refractivity contribution >= 4 is 34.5 Å². The van der Waals surface area contributed by atoms with Crippen LogP contribution in [0, 0.1) is 5.92 Å². The molecule has 2 heterocycles. The maximum Gasteiger partial charge on any atom is 0.257 e. The Labute approximate surface area is 197 Å². The maximum atomic E-state index is 12.4. The number of benzene rings is 2. The third-order valence-electron chi connectivity index (χ3n) is 4.75. The van der Waals surface area contributed by atoms with E-state index in [0.29, 0.717) is 41.8 Å². The summed E-state index contributed by atoms with van der Waals surface area (Å²) in [5.74, 6) is 1.42. The van der Waals surface area contributed by atoms with Crippen LogP contribution in [0.15, 0.2) is 71.3 Å². The van der Waals surface area contributed by atoms with Crippen LogP contribution in [0.25, 0.3) is 22.7 Å². The summed E-state index contributed by atoms with van der Waals surface area (Å²) in [5.41, 5.74) is 3.59. The minimum Gasteiger partial charge on any atom is -0.493 e. The van der Waals surface area contributed by atoms with Crippen LogP contribution >= 0.6 is 12.2 Å². The largest absolute Gasteiger partial charge is 0.493 e. The molecular formula is C25H24N4O3S. The third-order valence-corrected chi connectivity index (χ3v) is 4.99. The van der Waals surface area contributed by atoms with Crippen LogP contribution < -0.4 is 15.4 Å². The van der Waals surface area contributed by atoms with Crippen LogP contribution in [0.4, 0.5) is 0 Å². The lowest BCUT2D eigenvalue weighted by molar-refractivity contribution is 0.0976. The molecule has 33 heavy (non-hydrogen) atoms. The summed E-state index contributed by atoms with van der Waals surface area (Å²) in [4.78, 5) is 21.0. The molecule has 0 radical (unpaired) electrons. The van der Waals surface area contributed by atoms with E-state index < -0.39 is 0 Å². The molecule has 8 heteroatoms. The molecule has 2 aromatic heterocycles. The van der Waals surface area contributed by atoms with E-state index in [1.807, 2.05) is 36.4 Å². The van der Waals surface area contributed by atoms with Crippen LogP contribution in [0.3, 0.4) is 0 Å². The minimum atomic E-state index is -0.275. The number of hydrogen-bond acceptors (Lipinski definition) is 6. The van der Waals surface area contributed by atoms with Crippen LogP contribution in [0.2, 0.25) is 0 Å². The van der Waals surface area contributed by atoms with Gasteiger partial charge in [-0.3, -0.25) is 10.1 Å². The average Bonchev–Trinajstić information content (AvgIpc) is 3.26. The first-order chi connectivity index (χ1) is 16.0. The van der Waals surface area contributed by atoms with Crippen molar-refractivity contribution in [3.05, 3.63) is 78.0 Å². The second-order valence-corrected chi connectivity index (χ2v) is 8.32. The highest BCUT2D eigenvalue weighted by Gasteiger charge is 2.10. The first kappa shape index (κ1) is 22.4. The Morgan fingerprint density at radius 3 is 2.55 bits per heavy atom. The van der Waals surface area contributed by atoms with Gasteiger partial charge in [0.1, 0.15) is 5.75 Å². The van der Waals surface area contributed by atoms with Crippen molar-refractivity contribution in [1.29, 1.82) is 0 Å². The fraction of sp³-hybridized carbons (Fsp3) is 0.200. The Balaban J connectivity index is 1.28. The summed E-state index contributed by atoms with van der Waals surface area (Å²) >= 11 is 5.26. The smallest absolute Gasteiger partial charge is 0.257 e. The zero-order valence-corrected chi connectivity index (χ0v) is 19.2. The first-order valence-corrected chi connectivity index (χ1v) is 11.0. The molecule has 0 aliphatic heterocycles. The van der Waals surface area contributed by atoms with Gasteiger partial charge in [0.25, 0.3) is 5.91 Å². The van der Waals surface area contributed by atoms with E-state index in [4.69, 9.17) is 21.4 Å². The second-order valence-electron chi connectivity index (χ2n) is 7.91. The number of thiocarbonyl (C=S) groups is 1. The van der Waals surface area contributed by atoms with Crippen molar-refractivity contribution in [1.82, 2.24) is 20.6 Å². The molecule has 0 fully saturated rings. The van der Waals surface area contributed by atoms with E-state index in [1.54, 1.807) is 30.5 Å². The third kappa shape index (κ3) is 5.93. The van der Waals surface area contributed by atoms with Crippen molar-refractivity contribution in [3.8, 4) is 17.2 Å². The lowest BCUT2D eigenvalue weighted by atomic mass is 10.1. The predicted octanol–water partition coefficient (Wildman–Crippen LogP) is 4.73. The molecule has 0 saturated carbocycles. The predicted molar refractivity (Wildman–Crippen MR) is 131 cm³/mol. The van der Waals surface area contributed by atoms with Gasteiger partial charge in [-0.2, -0.15) is 4.98 Å².